The lowest BCUT2D eigenvalue weighted by Crippen LogP contribution is -2.29. The monoisotopic (exact) mass is 337 g/mol. The van der Waals surface area contributed by atoms with Gasteiger partial charge in [0.15, 0.2) is 0 Å². The predicted octanol–water partition coefficient (Wildman–Crippen LogP) is 1.05. The molecule has 0 atom stereocenters. The van der Waals surface area contributed by atoms with Gasteiger partial charge in [-0.1, -0.05) is 0 Å². The van der Waals surface area contributed by atoms with E-state index in [1.54, 1.807) is 0 Å². The second-order valence-corrected chi connectivity index (χ2v) is 6.05. The third-order valence-electron chi connectivity index (χ3n) is 2.75. The molecule has 0 bridgehead atoms. The second kappa shape index (κ2) is 6.55. The summed E-state index contributed by atoms with van der Waals surface area (Å²) in [6.07, 6.45) is 0. The molecule has 0 aliphatic rings. The molecule has 2 aromatic carbocycles. The molecule has 23 heavy (non-hydrogen) atoms. The van der Waals surface area contributed by atoms with Gasteiger partial charge in [0.2, 0.25) is 10.0 Å². The zero-order valence-corrected chi connectivity index (χ0v) is 12.4. The Morgan fingerprint density at radius 2 is 1.22 bits per heavy atom. The zero-order valence-electron chi connectivity index (χ0n) is 11.6. The predicted molar refractivity (Wildman–Crippen MR) is 81.5 cm³/mol. The first-order valence-electron chi connectivity index (χ1n) is 6.26. The van der Waals surface area contributed by atoms with Gasteiger partial charge in [-0.3, -0.25) is 9.59 Å². The van der Waals surface area contributed by atoms with Crippen LogP contribution in [0.1, 0.15) is 0 Å². The number of hydrogen-bond donors (Lipinski definition) is 3. The Hall–Kier alpha value is -2.78. The quantitative estimate of drug-likeness (QED) is 0.725. The molecule has 0 saturated heterocycles. The number of carbonyl (C=O) groups excluding carboxylic acids is 2. The average molecular weight is 337 g/mol. The number of benzene rings is 2. The zero-order chi connectivity index (χ0) is 17.0. The van der Waals surface area contributed by atoms with Gasteiger partial charge < -0.3 is 10.6 Å². The van der Waals surface area contributed by atoms with Crippen molar-refractivity contribution in [3.05, 3.63) is 54.3 Å². The number of primary sulfonamides is 1. The largest absolute Gasteiger partial charge is 0.318 e. The number of hydrogen-bond acceptors (Lipinski definition) is 4. The summed E-state index contributed by atoms with van der Waals surface area (Å²) < 4.78 is 34.9. The number of nitrogens with two attached hydrogens (primary N) is 1. The van der Waals surface area contributed by atoms with Crippen molar-refractivity contribution in [3.63, 3.8) is 0 Å². The maximum atomic E-state index is 12.7. The molecule has 0 heterocycles. The highest BCUT2D eigenvalue weighted by atomic mass is 32.2. The molecule has 2 aromatic rings. The van der Waals surface area contributed by atoms with Crippen molar-refractivity contribution >= 4 is 33.2 Å². The molecule has 0 unspecified atom stereocenters. The molecule has 2 rings (SSSR count). The molecule has 0 aliphatic carbocycles. The van der Waals surface area contributed by atoms with Gasteiger partial charge in [0.25, 0.3) is 0 Å². The van der Waals surface area contributed by atoms with Crippen LogP contribution in [0, 0.1) is 5.82 Å². The smallest absolute Gasteiger partial charge is 0.314 e. The van der Waals surface area contributed by atoms with Crippen LogP contribution >= 0.6 is 0 Å². The van der Waals surface area contributed by atoms with E-state index in [9.17, 15) is 22.4 Å². The summed E-state index contributed by atoms with van der Waals surface area (Å²) in [5.74, 6) is -2.38. The van der Waals surface area contributed by atoms with E-state index in [0.717, 1.165) is 12.1 Å². The molecule has 0 spiro atoms. The van der Waals surface area contributed by atoms with Gasteiger partial charge in [-0.05, 0) is 48.5 Å². The van der Waals surface area contributed by atoms with Crippen molar-refractivity contribution in [1.29, 1.82) is 0 Å². The van der Waals surface area contributed by atoms with Crippen LogP contribution in [0.4, 0.5) is 15.8 Å². The highest BCUT2D eigenvalue weighted by Gasteiger charge is 2.14. The topological polar surface area (TPSA) is 118 Å². The van der Waals surface area contributed by atoms with Gasteiger partial charge in [-0.2, -0.15) is 0 Å². The van der Waals surface area contributed by atoms with Gasteiger partial charge in [-0.25, -0.2) is 17.9 Å². The van der Waals surface area contributed by atoms with Crippen LogP contribution in [-0.2, 0) is 19.6 Å². The van der Waals surface area contributed by atoms with Crippen LogP contribution in [0.5, 0.6) is 0 Å². The van der Waals surface area contributed by atoms with Crippen molar-refractivity contribution < 1.29 is 22.4 Å². The van der Waals surface area contributed by atoms with Crippen molar-refractivity contribution in [2.75, 3.05) is 10.6 Å². The van der Waals surface area contributed by atoms with E-state index >= 15 is 0 Å². The van der Waals surface area contributed by atoms with Crippen LogP contribution in [0.2, 0.25) is 0 Å². The minimum absolute atomic E-state index is 0.119. The van der Waals surface area contributed by atoms with E-state index in [1.165, 1.54) is 36.4 Å². The number of carbonyl (C=O) groups is 2. The Balaban J connectivity index is 2.01. The highest BCUT2D eigenvalue weighted by molar-refractivity contribution is 7.89. The number of halogens is 1. The average Bonchev–Trinajstić information content (AvgIpc) is 2.49. The van der Waals surface area contributed by atoms with Gasteiger partial charge in [0, 0.05) is 11.4 Å². The molecule has 0 fully saturated rings. The first-order chi connectivity index (χ1) is 10.8. The minimum atomic E-state index is -3.83. The first kappa shape index (κ1) is 16.6. The Morgan fingerprint density at radius 3 is 1.61 bits per heavy atom. The molecular weight excluding hydrogens is 325 g/mol. The van der Waals surface area contributed by atoms with Crippen LogP contribution < -0.4 is 15.8 Å². The fraction of sp³-hybridized carbons (Fsp3) is 0. The third-order valence-corrected chi connectivity index (χ3v) is 3.68. The summed E-state index contributed by atoms with van der Waals surface area (Å²) in [4.78, 5) is 23.3. The van der Waals surface area contributed by atoms with Gasteiger partial charge in [0.05, 0.1) is 4.90 Å². The van der Waals surface area contributed by atoms with Crippen LogP contribution in [0.25, 0.3) is 0 Å². The van der Waals surface area contributed by atoms with Gasteiger partial charge >= 0.3 is 11.8 Å². The van der Waals surface area contributed by atoms with Crippen molar-refractivity contribution in [2.45, 2.75) is 4.90 Å². The molecule has 0 saturated carbocycles. The lowest BCUT2D eigenvalue weighted by atomic mass is 10.3. The van der Waals surface area contributed by atoms with Crippen LogP contribution in [0.3, 0.4) is 0 Å². The standard InChI is InChI=1S/C14H12FN3O4S/c15-9-1-3-10(4-2-9)17-13(19)14(20)18-11-5-7-12(8-6-11)23(16,21)22/h1-8H,(H,17,19)(H,18,20)(H2,16,21,22). The summed E-state index contributed by atoms with van der Waals surface area (Å²) in [6, 6.07) is 9.87. The molecule has 7 nitrogen and oxygen atoms in total. The van der Waals surface area contributed by atoms with E-state index < -0.39 is 27.7 Å². The van der Waals surface area contributed by atoms with E-state index in [2.05, 4.69) is 10.6 Å². The van der Waals surface area contributed by atoms with Gasteiger partial charge in [0.1, 0.15) is 5.82 Å². The number of amides is 2. The van der Waals surface area contributed by atoms with Crippen LogP contribution in [-0.4, -0.2) is 20.2 Å². The lowest BCUT2D eigenvalue weighted by Gasteiger charge is -2.07. The summed E-state index contributed by atoms with van der Waals surface area (Å²) >= 11 is 0. The summed E-state index contributed by atoms with van der Waals surface area (Å²) in [5.41, 5.74) is 0.479. The Kier molecular flexibility index (Phi) is 4.72. The SMILES string of the molecule is NS(=O)(=O)c1ccc(NC(=O)C(=O)Nc2ccc(F)cc2)cc1. The van der Waals surface area contributed by atoms with Gasteiger partial charge in [-0.15, -0.1) is 0 Å². The Bertz CT molecular complexity index is 833. The van der Waals surface area contributed by atoms with Crippen molar-refractivity contribution in [2.24, 2.45) is 5.14 Å². The number of sulfonamides is 1. The van der Waals surface area contributed by atoms with Crippen molar-refractivity contribution in [1.82, 2.24) is 0 Å². The number of rotatable bonds is 3. The van der Waals surface area contributed by atoms with E-state index in [4.69, 9.17) is 5.14 Å². The van der Waals surface area contributed by atoms with Crippen molar-refractivity contribution in [3.8, 4) is 0 Å². The van der Waals surface area contributed by atoms with E-state index in [0.29, 0.717) is 0 Å². The fourth-order valence-electron chi connectivity index (χ4n) is 1.64. The Morgan fingerprint density at radius 1 is 0.826 bits per heavy atom. The summed E-state index contributed by atoms with van der Waals surface area (Å²) in [6.45, 7) is 0. The molecule has 0 radical (unpaired) electrons. The number of nitrogens with one attached hydrogen (secondary N) is 2. The van der Waals surface area contributed by atoms with E-state index in [-0.39, 0.29) is 16.3 Å². The normalized spacial score (nSPS) is 10.9. The third kappa shape index (κ3) is 4.59. The molecule has 0 aromatic heterocycles. The molecule has 2 amide bonds. The first-order valence-corrected chi connectivity index (χ1v) is 7.81. The Labute approximate surface area is 131 Å². The molecule has 0 aliphatic heterocycles. The maximum absolute atomic E-state index is 12.7. The highest BCUT2D eigenvalue weighted by Crippen LogP contribution is 2.13. The second-order valence-electron chi connectivity index (χ2n) is 4.48. The maximum Gasteiger partial charge on any atom is 0.314 e. The number of anilines is 2. The molecule has 120 valence electrons. The molecule has 4 N–H and O–H groups in total. The fourth-order valence-corrected chi connectivity index (χ4v) is 2.15. The summed E-state index contributed by atoms with van der Waals surface area (Å²) in [5, 5.41) is 9.53. The summed E-state index contributed by atoms with van der Waals surface area (Å²) in [7, 11) is -3.83. The van der Waals surface area contributed by atoms with Crippen LogP contribution in [0.15, 0.2) is 53.4 Å². The lowest BCUT2D eigenvalue weighted by molar-refractivity contribution is -0.132. The minimum Gasteiger partial charge on any atom is -0.318 e. The molecule has 9 heteroatoms. The van der Waals surface area contributed by atoms with E-state index in [1.807, 2.05) is 0 Å². The molecular formula is C14H12FN3O4S.